The zero-order chi connectivity index (χ0) is 21.2. The maximum absolute atomic E-state index is 12.5. The van der Waals surface area contributed by atoms with Crippen molar-refractivity contribution in [1.82, 2.24) is 15.2 Å². The molecule has 0 saturated heterocycles. The molecule has 0 fully saturated rings. The van der Waals surface area contributed by atoms with Gasteiger partial charge in [0.2, 0.25) is 0 Å². The molecule has 1 heterocycles. The molecule has 3 aromatic rings. The number of hydrogen-bond donors (Lipinski definition) is 2. The number of hydrogen-bond acceptors (Lipinski definition) is 5. The standard InChI is InChI=1S/C21H23N3O3S2/c1-14-18(28-20(22-14)15-8-6-5-7-9-15)19(25)23-24-29(26,27)17-12-10-16(11-13-17)21(2,3)4/h5-13,24H,1-4H3,(H,23,25). The second-order valence-electron chi connectivity index (χ2n) is 7.63. The molecule has 2 aromatic carbocycles. The summed E-state index contributed by atoms with van der Waals surface area (Å²) in [6.07, 6.45) is 0. The molecule has 3 rings (SSSR count). The van der Waals surface area contributed by atoms with E-state index in [0.29, 0.717) is 15.6 Å². The average molecular weight is 430 g/mol. The molecule has 0 bridgehead atoms. The van der Waals surface area contributed by atoms with Crippen LogP contribution in [0.3, 0.4) is 0 Å². The zero-order valence-corrected chi connectivity index (χ0v) is 18.3. The minimum atomic E-state index is -3.88. The predicted molar refractivity (Wildman–Crippen MR) is 115 cm³/mol. The van der Waals surface area contributed by atoms with Gasteiger partial charge in [-0.3, -0.25) is 10.2 Å². The van der Waals surface area contributed by atoms with E-state index < -0.39 is 15.9 Å². The van der Waals surface area contributed by atoms with Crippen LogP contribution in [0.1, 0.15) is 41.7 Å². The van der Waals surface area contributed by atoms with Gasteiger partial charge >= 0.3 is 0 Å². The molecule has 1 aromatic heterocycles. The van der Waals surface area contributed by atoms with Crippen molar-refractivity contribution in [3.63, 3.8) is 0 Å². The van der Waals surface area contributed by atoms with Crippen LogP contribution in [0, 0.1) is 6.92 Å². The highest BCUT2D eigenvalue weighted by Gasteiger charge is 2.21. The van der Waals surface area contributed by atoms with Crippen LogP contribution in [0.25, 0.3) is 10.6 Å². The lowest BCUT2D eigenvalue weighted by atomic mass is 9.87. The molecule has 0 radical (unpaired) electrons. The Labute approximate surface area is 175 Å². The first-order valence-corrected chi connectivity index (χ1v) is 11.3. The monoisotopic (exact) mass is 429 g/mol. The third-order valence-electron chi connectivity index (χ3n) is 4.35. The predicted octanol–water partition coefficient (Wildman–Crippen LogP) is 4.04. The molecule has 1 amide bonds. The number of sulfonamides is 1. The van der Waals surface area contributed by atoms with Crippen LogP contribution in [-0.4, -0.2) is 19.3 Å². The highest BCUT2D eigenvalue weighted by Crippen LogP contribution is 2.27. The first-order chi connectivity index (χ1) is 13.6. The maximum Gasteiger partial charge on any atom is 0.278 e. The van der Waals surface area contributed by atoms with E-state index in [4.69, 9.17) is 0 Å². The summed E-state index contributed by atoms with van der Waals surface area (Å²) in [5, 5.41) is 0.703. The summed E-state index contributed by atoms with van der Waals surface area (Å²) in [4.78, 5) is 19.5. The van der Waals surface area contributed by atoms with Crippen LogP contribution >= 0.6 is 11.3 Å². The number of carbonyl (C=O) groups excluding carboxylic acids is 1. The van der Waals surface area contributed by atoms with Gasteiger partial charge in [-0.25, -0.2) is 13.4 Å². The Morgan fingerprint density at radius 1 is 1.00 bits per heavy atom. The molecule has 0 spiro atoms. The van der Waals surface area contributed by atoms with Crippen molar-refractivity contribution < 1.29 is 13.2 Å². The fraction of sp³-hybridized carbons (Fsp3) is 0.238. The number of thiazole rings is 1. The van der Waals surface area contributed by atoms with E-state index in [1.807, 2.05) is 30.3 Å². The first kappa shape index (κ1) is 21.2. The smallest absolute Gasteiger partial charge is 0.273 e. The number of aromatic nitrogens is 1. The number of hydrazine groups is 1. The number of nitrogens with zero attached hydrogens (tertiary/aromatic N) is 1. The Morgan fingerprint density at radius 2 is 1.62 bits per heavy atom. The van der Waals surface area contributed by atoms with Gasteiger partial charge < -0.3 is 0 Å². The lowest BCUT2D eigenvalue weighted by Gasteiger charge is -2.19. The minimum absolute atomic E-state index is 0.0793. The number of aryl methyl sites for hydroxylation is 1. The van der Waals surface area contributed by atoms with E-state index in [1.54, 1.807) is 19.1 Å². The van der Waals surface area contributed by atoms with Gasteiger partial charge in [0.1, 0.15) is 9.88 Å². The molecular weight excluding hydrogens is 406 g/mol. The van der Waals surface area contributed by atoms with Crippen molar-refractivity contribution in [3.05, 3.63) is 70.7 Å². The number of rotatable bonds is 5. The van der Waals surface area contributed by atoms with Gasteiger partial charge in [0.25, 0.3) is 15.9 Å². The molecule has 0 aliphatic carbocycles. The average Bonchev–Trinajstić information content (AvgIpc) is 3.08. The Morgan fingerprint density at radius 3 is 2.21 bits per heavy atom. The molecule has 152 valence electrons. The molecule has 0 unspecified atom stereocenters. The van der Waals surface area contributed by atoms with Crippen molar-refractivity contribution in [3.8, 4) is 10.6 Å². The molecule has 8 heteroatoms. The number of carbonyl (C=O) groups is 1. The fourth-order valence-corrected chi connectivity index (χ4v) is 4.48. The lowest BCUT2D eigenvalue weighted by molar-refractivity contribution is 0.0948. The van der Waals surface area contributed by atoms with Crippen LogP contribution in [0.4, 0.5) is 0 Å². The lowest BCUT2D eigenvalue weighted by Crippen LogP contribution is -2.41. The molecule has 29 heavy (non-hydrogen) atoms. The fourth-order valence-electron chi connectivity index (χ4n) is 2.67. The third kappa shape index (κ3) is 4.90. The van der Waals surface area contributed by atoms with Crippen LogP contribution in [0.15, 0.2) is 59.5 Å². The van der Waals surface area contributed by atoms with Gasteiger partial charge in [-0.05, 0) is 30.0 Å². The maximum atomic E-state index is 12.5. The quantitative estimate of drug-likeness (QED) is 0.599. The summed E-state index contributed by atoms with van der Waals surface area (Å²) in [5.74, 6) is -0.544. The first-order valence-electron chi connectivity index (χ1n) is 9.03. The largest absolute Gasteiger partial charge is 0.278 e. The third-order valence-corrected chi connectivity index (χ3v) is 6.82. The molecule has 6 nitrogen and oxygen atoms in total. The van der Waals surface area contributed by atoms with E-state index in [-0.39, 0.29) is 10.3 Å². The Balaban J connectivity index is 1.72. The SMILES string of the molecule is Cc1nc(-c2ccccc2)sc1C(=O)NNS(=O)(=O)c1ccc(C(C)(C)C)cc1. The second kappa shape index (κ2) is 8.06. The van der Waals surface area contributed by atoms with Gasteiger partial charge in [0.15, 0.2) is 0 Å². The normalized spacial score (nSPS) is 12.0. The van der Waals surface area contributed by atoms with Crippen molar-refractivity contribution in [2.24, 2.45) is 0 Å². The summed E-state index contributed by atoms with van der Waals surface area (Å²) < 4.78 is 25.0. The second-order valence-corrected chi connectivity index (χ2v) is 10.3. The Hall–Kier alpha value is -2.55. The molecule has 2 N–H and O–H groups in total. The van der Waals surface area contributed by atoms with Crippen molar-refractivity contribution in [2.45, 2.75) is 38.0 Å². The van der Waals surface area contributed by atoms with E-state index in [0.717, 1.165) is 11.1 Å². The molecule has 0 atom stereocenters. The summed E-state index contributed by atoms with van der Waals surface area (Å²) in [6, 6.07) is 16.1. The van der Waals surface area contributed by atoms with E-state index >= 15 is 0 Å². The summed E-state index contributed by atoms with van der Waals surface area (Å²) >= 11 is 1.21. The minimum Gasteiger partial charge on any atom is -0.273 e. The number of benzene rings is 2. The van der Waals surface area contributed by atoms with Gasteiger partial charge in [0.05, 0.1) is 10.6 Å². The topological polar surface area (TPSA) is 88.2 Å². The highest BCUT2D eigenvalue weighted by molar-refractivity contribution is 7.89. The molecule has 0 saturated carbocycles. The number of amides is 1. The zero-order valence-electron chi connectivity index (χ0n) is 16.7. The molecule has 0 aliphatic rings. The molecule has 0 aliphatic heterocycles. The van der Waals surface area contributed by atoms with Crippen LogP contribution in [0.2, 0.25) is 0 Å². The highest BCUT2D eigenvalue weighted by atomic mass is 32.2. The van der Waals surface area contributed by atoms with E-state index in [2.05, 4.69) is 36.0 Å². The Bertz CT molecular complexity index is 1110. The van der Waals surface area contributed by atoms with Gasteiger partial charge in [-0.15, -0.1) is 16.2 Å². The summed E-state index contributed by atoms with van der Waals surface area (Å²) in [7, 11) is -3.88. The van der Waals surface area contributed by atoms with Gasteiger partial charge in [0, 0.05) is 5.56 Å². The number of nitrogens with one attached hydrogen (secondary N) is 2. The Kier molecular flexibility index (Phi) is 5.88. The molecular formula is C21H23N3O3S2. The van der Waals surface area contributed by atoms with Gasteiger partial charge in [-0.1, -0.05) is 63.2 Å². The van der Waals surface area contributed by atoms with Crippen LogP contribution < -0.4 is 10.3 Å². The van der Waals surface area contributed by atoms with Crippen molar-refractivity contribution >= 4 is 27.3 Å². The van der Waals surface area contributed by atoms with Crippen molar-refractivity contribution in [1.29, 1.82) is 0 Å². The summed E-state index contributed by atoms with van der Waals surface area (Å²) in [6.45, 7) is 7.87. The van der Waals surface area contributed by atoms with Crippen LogP contribution in [0.5, 0.6) is 0 Å². The van der Waals surface area contributed by atoms with E-state index in [1.165, 1.54) is 23.5 Å². The van der Waals surface area contributed by atoms with E-state index in [9.17, 15) is 13.2 Å². The van der Waals surface area contributed by atoms with Crippen molar-refractivity contribution in [2.75, 3.05) is 0 Å². The summed E-state index contributed by atoms with van der Waals surface area (Å²) in [5.41, 5.74) is 4.67. The van der Waals surface area contributed by atoms with Crippen LogP contribution in [-0.2, 0) is 15.4 Å². The van der Waals surface area contributed by atoms with Gasteiger partial charge in [-0.2, -0.15) is 0 Å².